The van der Waals surface area contributed by atoms with Crippen molar-refractivity contribution in [3.05, 3.63) is 0 Å². The van der Waals surface area contributed by atoms with Gasteiger partial charge in [-0.15, -0.1) is 0 Å². The molecule has 0 saturated carbocycles. The minimum Gasteiger partial charge on any atom is -0.481 e. The SMILES string of the molecule is C[C@@](N)(CC(=O)[C@@H](N)CC(=O)O)C(=O)O. The Balaban J connectivity index is 4.36. The highest BCUT2D eigenvalue weighted by atomic mass is 16.4. The van der Waals surface area contributed by atoms with E-state index in [-0.39, 0.29) is 0 Å². The number of ketones is 1. The monoisotopic (exact) mass is 218 g/mol. The van der Waals surface area contributed by atoms with E-state index in [1.54, 1.807) is 0 Å². The lowest BCUT2D eigenvalue weighted by molar-refractivity contribution is -0.145. The van der Waals surface area contributed by atoms with Crippen molar-refractivity contribution in [1.82, 2.24) is 0 Å². The van der Waals surface area contributed by atoms with Crippen LogP contribution in [0.25, 0.3) is 0 Å². The van der Waals surface area contributed by atoms with Crippen LogP contribution >= 0.6 is 0 Å². The van der Waals surface area contributed by atoms with Crippen LogP contribution in [0.4, 0.5) is 0 Å². The van der Waals surface area contributed by atoms with Crippen molar-refractivity contribution in [2.75, 3.05) is 0 Å². The molecule has 7 heteroatoms. The van der Waals surface area contributed by atoms with Gasteiger partial charge in [0.2, 0.25) is 0 Å². The molecule has 0 unspecified atom stereocenters. The molecule has 0 spiro atoms. The second kappa shape index (κ2) is 4.85. The largest absolute Gasteiger partial charge is 0.481 e. The van der Waals surface area contributed by atoms with E-state index in [2.05, 4.69) is 0 Å². The van der Waals surface area contributed by atoms with E-state index in [1.165, 1.54) is 6.92 Å². The summed E-state index contributed by atoms with van der Waals surface area (Å²) in [6, 6.07) is -1.22. The van der Waals surface area contributed by atoms with E-state index in [4.69, 9.17) is 21.7 Å². The van der Waals surface area contributed by atoms with Crippen molar-refractivity contribution in [2.45, 2.75) is 31.3 Å². The first-order valence-electron chi connectivity index (χ1n) is 4.19. The summed E-state index contributed by atoms with van der Waals surface area (Å²) in [6.45, 7) is 1.17. The van der Waals surface area contributed by atoms with E-state index in [0.29, 0.717) is 0 Å². The number of hydrogen-bond acceptors (Lipinski definition) is 5. The van der Waals surface area contributed by atoms with Crippen LogP contribution in [0.3, 0.4) is 0 Å². The molecule has 0 fully saturated rings. The van der Waals surface area contributed by atoms with Gasteiger partial charge in [0.1, 0.15) is 5.54 Å². The first kappa shape index (κ1) is 13.5. The predicted molar refractivity (Wildman–Crippen MR) is 50.1 cm³/mol. The van der Waals surface area contributed by atoms with E-state index in [9.17, 15) is 14.4 Å². The molecule has 0 rings (SSSR count). The normalized spacial score (nSPS) is 16.5. The number of Topliss-reactive ketones (excluding diaryl/α,β-unsaturated/α-hetero) is 1. The Kier molecular flexibility index (Phi) is 4.38. The Morgan fingerprint density at radius 2 is 1.80 bits per heavy atom. The zero-order valence-corrected chi connectivity index (χ0v) is 8.27. The number of aliphatic carboxylic acids is 2. The highest BCUT2D eigenvalue weighted by Crippen LogP contribution is 2.08. The topological polar surface area (TPSA) is 144 Å². The number of hydrogen-bond donors (Lipinski definition) is 4. The molecule has 0 radical (unpaired) electrons. The maximum atomic E-state index is 11.3. The molecular formula is C8H14N2O5. The maximum absolute atomic E-state index is 11.3. The van der Waals surface area contributed by atoms with Gasteiger partial charge in [-0.2, -0.15) is 0 Å². The van der Waals surface area contributed by atoms with E-state index in [0.717, 1.165) is 0 Å². The summed E-state index contributed by atoms with van der Waals surface area (Å²) in [5.41, 5.74) is 8.84. The molecule has 0 aromatic carbocycles. The molecule has 0 aliphatic rings. The van der Waals surface area contributed by atoms with Gasteiger partial charge in [0.25, 0.3) is 0 Å². The van der Waals surface area contributed by atoms with Crippen molar-refractivity contribution in [3.8, 4) is 0 Å². The van der Waals surface area contributed by atoms with Crippen LogP contribution < -0.4 is 11.5 Å². The molecule has 15 heavy (non-hydrogen) atoms. The summed E-state index contributed by atoms with van der Waals surface area (Å²) in [7, 11) is 0. The van der Waals surface area contributed by atoms with Gasteiger partial charge in [-0.1, -0.05) is 0 Å². The number of rotatable bonds is 6. The average Bonchev–Trinajstić information content (AvgIpc) is 2.01. The van der Waals surface area contributed by atoms with E-state index >= 15 is 0 Å². The lowest BCUT2D eigenvalue weighted by Gasteiger charge is -2.19. The molecule has 0 aliphatic heterocycles. The highest BCUT2D eigenvalue weighted by molar-refractivity contribution is 5.93. The smallest absolute Gasteiger partial charge is 0.323 e. The quantitative estimate of drug-likeness (QED) is 0.426. The molecule has 0 bridgehead atoms. The fourth-order valence-electron chi connectivity index (χ4n) is 0.871. The fourth-order valence-corrected chi connectivity index (χ4v) is 0.871. The number of carbonyl (C=O) groups is 3. The van der Waals surface area contributed by atoms with Gasteiger partial charge in [0.15, 0.2) is 5.78 Å². The van der Waals surface area contributed by atoms with Gasteiger partial charge < -0.3 is 21.7 Å². The lowest BCUT2D eigenvalue weighted by atomic mass is 9.93. The van der Waals surface area contributed by atoms with Crippen LogP contribution in [-0.4, -0.2) is 39.5 Å². The summed E-state index contributed by atoms with van der Waals surface area (Å²) >= 11 is 0. The van der Waals surface area contributed by atoms with Gasteiger partial charge in [-0.25, -0.2) is 0 Å². The summed E-state index contributed by atoms with van der Waals surface area (Å²) in [6.07, 6.45) is -1.02. The molecule has 6 N–H and O–H groups in total. The third-order valence-corrected chi connectivity index (χ3v) is 1.84. The van der Waals surface area contributed by atoms with E-state index in [1.807, 2.05) is 0 Å². The molecule has 86 valence electrons. The molecule has 0 heterocycles. The second-order valence-electron chi connectivity index (χ2n) is 3.57. The summed E-state index contributed by atoms with van der Waals surface area (Å²) in [5, 5.41) is 17.0. The van der Waals surface area contributed by atoms with Crippen LogP contribution in [0, 0.1) is 0 Å². The number of carbonyl (C=O) groups excluding carboxylic acids is 1. The van der Waals surface area contributed by atoms with E-state index < -0.39 is 42.1 Å². The number of nitrogens with two attached hydrogens (primary N) is 2. The van der Waals surface area contributed by atoms with Gasteiger partial charge in [-0.3, -0.25) is 14.4 Å². The second-order valence-corrected chi connectivity index (χ2v) is 3.57. The third kappa shape index (κ3) is 4.52. The standard InChI is InChI=1S/C8H14N2O5/c1-8(10,7(14)15)3-5(11)4(9)2-6(12)13/h4H,2-3,9-10H2,1H3,(H,12,13)(H,14,15)/t4-,8+/m0/s1. The van der Waals surface area contributed by atoms with Crippen LogP contribution in [0.1, 0.15) is 19.8 Å². The predicted octanol–water partition coefficient (Wildman–Crippen LogP) is -1.45. The van der Waals surface area contributed by atoms with Gasteiger partial charge in [0, 0.05) is 6.42 Å². The zero-order valence-electron chi connectivity index (χ0n) is 8.27. The van der Waals surface area contributed by atoms with Crippen LogP contribution in [0.5, 0.6) is 0 Å². The molecule has 0 amide bonds. The van der Waals surface area contributed by atoms with Gasteiger partial charge >= 0.3 is 11.9 Å². The van der Waals surface area contributed by atoms with Gasteiger partial charge in [-0.05, 0) is 6.92 Å². The van der Waals surface area contributed by atoms with Crippen molar-refractivity contribution in [1.29, 1.82) is 0 Å². The van der Waals surface area contributed by atoms with Gasteiger partial charge in [0.05, 0.1) is 12.5 Å². The number of carboxylic acid groups (broad SMARTS) is 2. The minimum absolute atomic E-state index is 0.489. The fraction of sp³-hybridized carbons (Fsp3) is 0.625. The molecule has 7 nitrogen and oxygen atoms in total. The average molecular weight is 218 g/mol. The molecule has 0 aliphatic carbocycles. The molecule has 0 saturated heterocycles. The Labute approximate surface area is 86.0 Å². The highest BCUT2D eigenvalue weighted by Gasteiger charge is 2.33. The number of carboxylic acids is 2. The molecule has 2 atom stereocenters. The third-order valence-electron chi connectivity index (χ3n) is 1.84. The summed E-state index contributed by atoms with van der Waals surface area (Å²) in [5.74, 6) is -3.23. The van der Waals surface area contributed by atoms with Crippen molar-refractivity contribution >= 4 is 17.7 Å². The summed E-state index contributed by atoms with van der Waals surface area (Å²) < 4.78 is 0. The Bertz CT molecular complexity index is 287. The Morgan fingerprint density at radius 3 is 2.13 bits per heavy atom. The van der Waals surface area contributed by atoms with Crippen molar-refractivity contribution < 1.29 is 24.6 Å². The Hall–Kier alpha value is -1.47. The molecular weight excluding hydrogens is 204 g/mol. The minimum atomic E-state index is -1.72. The van der Waals surface area contributed by atoms with Crippen LogP contribution in [0.2, 0.25) is 0 Å². The first-order chi connectivity index (χ1) is 6.66. The van der Waals surface area contributed by atoms with Crippen LogP contribution in [0.15, 0.2) is 0 Å². The zero-order chi connectivity index (χ0) is 12.2. The molecule has 0 aromatic heterocycles. The maximum Gasteiger partial charge on any atom is 0.323 e. The van der Waals surface area contributed by atoms with Crippen LogP contribution in [-0.2, 0) is 14.4 Å². The summed E-state index contributed by atoms with van der Waals surface area (Å²) in [4.78, 5) is 32.1. The molecule has 0 aromatic rings. The Morgan fingerprint density at radius 1 is 1.33 bits per heavy atom. The lowest BCUT2D eigenvalue weighted by Crippen LogP contribution is -2.49. The van der Waals surface area contributed by atoms with Crippen molar-refractivity contribution in [3.63, 3.8) is 0 Å². The van der Waals surface area contributed by atoms with Crippen molar-refractivity contribution in [2.24, 2.45) is 11.5 Å². The first-order valence-corrected chi connectivity index (χ1v) is 4.19.